The van der Waals surface area contributed by atoms with Crippen molar-refractivity contribution in [3.8, 4) is 11.5 Å². The van der Waals surface area contributed by atoms with Gasteiger partial charge in [0.1, 0.15) is 11.6 Å². The average Bonchev–Trinajstić information content (AvgIpc) is 3.57. The summed E-state index contributed by atoms with van der Waals surface area (Å²) in [5.74, 6) is -2.13. The number of unbranched alkanes of at least 4 members (excludes halogenated alkanes) is 1. The summed E-state index contributed by atoms with van der Waals surface area (Å²) in [4.78, 5) is 33.8. The Morgan fingerprint density at radius 2 is 1.79 bits per heavy atom. The molecule has 5 rings (SSSR count). The topological polar surface area (TPSA) is 99.2 Å². The summed E-state index contributed by atoms with van der Waals surface area (Å²) in [6.45, 7) is 6.64. The number of carbonyl (C=O) groups excluding carboxylic acids is 2. The van der Waals surface area contributed by atoms with E-state index in [1.807, 2.05) is 19.1 Å². The molecule has 0 radical (unpaired) electrons. The molecule has 0 bridgehead atoms. The number of ether oxygens (including phenoxy) is 4. The lowest BCUT2D eigenvalue weighted by atomic mass is 9.83. The second kappa shape index (κ2) is 13.3. The van der Waals surface area contributed by atoms with Crippen LogP contribution in [-0.4, -0.2) is 74.9 Å². The fraction of sp³-hybridized carbons (Fsp3) is 0.500. The maximum atomic E-state index is 14.0. The van der Waals surface area contributed by atoms with E-state index in [9.17, 15) is 18.4 Å². The molecule has 9 nitrogen and oxygen atoms in total. The van der Waals surface area contributed by atoms with Crippen LogP contribution in [0.3, 0.4) is 0 Å². The molecule has 1 saturated heterocycles. The smallest absolute Gasteiger partial charge is 0.322 e. The number of halogens is 2. The lowest BCUT2D eigenvalue weighted by Crippen LogP contribution is -2.48. The summed E-state index contributed by atoms with van der Waals surface area (Å²) in [5, 5.41) is 3.45. The molecule has 1 N–H and O–H groups in total. The molecule has 1 aromatic heterocycles. The van der Waals surface area contributed by atoms with Crippen LogP contribution in [0.15, 0.2) is 24.3 Å². The number of amides is 1. The van der Waals surface area contributed by atoms with Crippen molar-refractivity contribution in [2.24, 2.45) is 5.41 Å². The number of rotatable bonds is 12. The van der Waals surface area contributed by atoms with E-state index in [2.05, 4.69) is 15.2 Å². The first-order chi connectivity index (χ1) is 20.3. The minimum absolute atomic E-state index is 0.0662. The predicted molar refractivity (Wildman–Crippen MR) is 153 cm³/mol. The molecule has 2 aromatic carbocycles. The molecule has 1 amide bonds. The van der Waals surface area contributed by atoms with Gasteiger partial charge >= 0.3 is 5.97 Å². The summed E-state index contributed by atoms with van der Waals surface area (Å²) < 4.78 is 51.2. The zero-order valence-electron chi connectivity index (χ0n) is 23.8. The fourth-order valence-electron chi connectivity index (χ4n) is 5.28. The molecule has 0 saturated carbocycles. The molecule has 1 fully saturated rings. The highest BCUT2D eigenvalue weighted by atomic mass is 32.1. The molecule has 2 aliphatic rings. The third-order valence-electron chi connectivity index (χ3n) is 7.67. The molecule has 3 aromatic rings. The van der Waals surface area contributed by atoms with Gasteiger partial charge in [-0.15, -0.1) is 11.3 Å². The summed E-state index contributed by atoms with van der Waals surface area (Å²) in [6, 6.07) is 5.78. The van der Waals surface area contributed by atoms with Crippen molar-refractivity contribution < 1.29 is 37.3 Å². The number of aromatic nitrogens is 1. The van der Waals surface area contributed by atoms with Crippen molar-refractivity contribution in [2.45, 2.75) is 39.2 Å². The highest BCUT2D eigenvalue weighted by Crippen LogP contribution is 2.40. The van der Waals surface area contributed by atoms with Gasteiger partial charge in [-0.1, -0.05) is 13.3 Å². The summed E-state index contributed by atoms with van der Waals surface area (Å²) >= 11 is 1.38. The number of nitrogens with one attached hydrogen (secondary N) is 1. The van der Waals surface area contributed by atoms with E-state index < -0.39 is 28.9 Å². The van der Waals surface area contributed by atoms with Crippen LogP contribution in [0.25, 0.3) is 10.2 Å². The van der Waals surface area contributed by atoms with Crippen molar-refractivity contribution in [2.75, 3.05) is 53.2 Å². The van der Waals surface area contributed by atoms with E-state index in [0.29, 0.717) is 46.2 Å². The van der Waals surface area contributed by atoms with Crippen molar-refractivity contribution in [1.29, 1.82) is 0 Å². The number of benzene rings is 2. The Hall–Kier alpha value is -3.35. The average molecular weight is 604 g/mol. The van der Waals surface area contributed by atoms with Crippen molar-refractivity contribution >= 4 is 33.4 Å². The Bertz CT molecular complexity index is 1410. The molecular weight excluding hydrogens is 568 g/mol. The Kier molecular flexibility index (Phi) is 9.54. The van der Waals surface area contributed by atoms with Crippen molar-refractivity contribution in [3.05, 3.63) is 52.0 Å². The molecule has 1 aliphatic heterocycles. The van der Waals surface area contributed by atoms with Gasteiger partial charge in [-0.3, -0.25) is 14.5 Å². The van der Waals surface area contributed by atoms with Crippen LogP contribution < -0.4 is 14.8 Å². The Balaban J connectivity index is 1.28. The Morgan fingerprint density at radius 1 is 1.07 bits per heavy atom. The third-order valence-corrected chi connectivity index (χ3v) is 8.69. The first-order valence-corrected chi connectivity index (χ1v) is 15.0. The molecule has 2 heterocycles. The van der Waals surface area contributed by atoms with Crippen LogP contribution >= 0.6 is 11.3 Å². The number of esters is 1. The molecule has 0 atom stereocenters. The van der Waals surface area contributed by atoms with Gasteiger partial charge < -0.3 is 24.3 Å². The van der Waals surface area contributed by atoms with Gasteiger partial charge in [0, 0.05) is 31.8 Å². The van der Waals surface area contributed by atoms with Crippen LogP contribution in [0.2, 0.25) is 0 Å². The Morgan fingerprint density at radius 3 is 2.45 bits per heavy atom. The van der Waals surface area contributed by atoms with Crippen molar-refractivity contribution in [3.63, 3.8) is 0 Å². The highest BCUT2D eigenvalue weighted by Gasteiger charge is 2.52. The number of carbonyl (C=O) groups is 2. The van der Waals surface area contributed by atoms with Gasteiger partial charge in [-0.25, -0.2) is 13.8 Å². The molecule has 42 heavy (non-hydrogen) atoms. The zero-order valence-corrected chi connectivity index (χ0v) is 24.6. The van der Waals surface area contributed by atoms with Gasteiger partial charge in [0.25, 0.3) is 0 Å². The normalized spacial score (nSPS) is 16.3. The quantitative estimate of drug-likeness (QED) is 0.188. The number of hydrogen-bond donors (Lipinski definition) is 1. The van der Waals surface area contributed by atoms with Crippen LogP contribution in [0.5, 0.6) is 11.5 Å². The summed E-state index contributed by atoms with van der Waals surface area (Å²) in [6.07, 6.45) is 1.32. The van der Waals surface area contributed by atoms with Gasteiger partial charge in [0.2, 0.25) is 5.91 Å². The number of morpholine rings is 1. The summed E-state index contributed by atoms with van der Waals surface area (Å²) in [7, 11) is 1.58. The van der Waals surface area contributed by atoms with E-state index >= 15 is 0 Å². The van der Waals surface area contributed by atoms with E-state index in [1.165, 1.54) is 11.3 Å². The molecular formula is C30H35F2N3O6S. The minimum atomic E-state index is -1.61. The SMILES string of the molecule is CCCCOC(=O)C1(C(=O)NCc2nc3cc(OCCN4CCOCC4)c(OC)cc3s2)Cc2cc(F)c(F)cc2C1. The Labute approximate surface area is 247 Å². The summed E-state index contributed by atoms with van der Waals surface area (Å²) in [5.41, 5.74) is -0.0775. The highest BCUT2D eigenvalue weighted by molar-refractivity contribution is 7.18. The molecule has 12 heteroatoms. The molecule has 0 spiro atoms. The number of fused-ring (bicyclic) bond motifs is 2. The van der Waals surface area contributed by atoms with E-state index in [1.54, 1.807) is 7.11 Å². The number of nitrogens with zero attached hydrogens (tertiary/aromatic N) is 2. The third kappa shape index (κ3) is 6.50. The molecule has 0 unspecified atom stereocenters. The van der Waals surface area contributed by atoms with E-state index in [0.717, 1.165) is 56.1 Å². The van der Waals surface area contributed by atoms with Crippen LogP contribution in [-0.2, 0) is 38.4 Å². The minimum Gasteiger partial charge on any atom is -0.493 e. The monoisotopic (exact) mass is 603 g/mol. The maximum absolute atomic E-state index is 14.0. The first-order valence-electron chi connectivity index (χ1n) is 14.2. The molecule has 1 aliphatic carbocycles. The lowest BCUT2D eigenvalue weighted by molar-refractivity contribution is -0.161. The zero-order chi connectivity index (χ0) is 29.7. The van der Waals surface area contributed by atoms with E-state index in [4.69, 9.17) is 18.9 Å². The van der Waals surface area contributed by atoms with Gasteiger partial charge in [0.05, 0.1) is 43.7 Å². The number of methoxy groups -OCH3 is 1. The first kappa shape index (κ1) is 30.1. The second-order valence-corrected chi connectivity index (χ2v) is 11.6. The largest absolute Gasteiger partial charge is 0.493 e. The number of hydrogen-bond acceptors (Lipinski definition) is 9. The van der Waals surface area contributed by atoms with Crippen LogP contribution in [0, 0.1) is 17.0 Å². The van der Waals surface area contributed by atoms with Crippen molar-refractivity contribution in [1.82, 2.24) is 15.2 Å². The second-order valence-electron chi connectivity index (χ2n) is 10.5. The number of thiazole rings is 1. The predicted octanol–water partition coefficient (Wildman–Crippen LogP) is 4.04. The fourth-order valence-corrected chi connectivity index (χ4v) is 6.20. The van der Waals surface area contributed by atoms with Gasteiger partial charge in [0.15, 0.2) is 28.5 Å². The lowest BCUT2D eigenvalue weighted by Gasteiger charge is -2.26. The standard InChI is InChI=1S/C30H35F2N3O6S/c1-3-4-8-41-29(37)30(16-19-12-21(31)22(32)13-20(19)17-30)28(36)33-18-27-34-23-14-25(24(38-2)15-26(23)42-27)40-11-7-35-5-9-39-10-6-35/h12-15H,3-11,16-18H2,1-2H3,(H,33,36). The van der Waals surface area contributed by atoms with Crippen LogP contribution in [0.1, 0.15) is 35.9 Å². The van der Waals surface area contributed by atoms with Gasteiger partial charge in [-0.05, 0) is 42.5 Å². The maximum Gasteiger partial charge on any atom is 0.322 e. The van der Waals surface area contributed by atoms with Gasteiger partial charge in [-0.2, -0.15) is 0 Å². The molecule has 226 valence electrons. The van der Waals surface area contributed by atoms with E-state index in [-0.39, 0.29) is 26.0 Å². The van der Waals surface area contributed by atoms with Crippen LogP contribution in [0.4, 0.5) is 8.78 Å².